The maximum atomic E-state index is 16.7. The fourth-order valence-electron chi connectivity index (χ4n) is 7.92. The number of hydrogen-bond acceptors (Lipinski definition) is 9. The Bertz CT molecular complexity index is 2230. The van der Waals surface area contributed by atoms with Crippen molar-refractivity contribution in [3.63, 3.8) is 0 Å². The van der Waals surface area contributed by atoms with Crippen LogP contribution < -0.4 is 10.1 Å². The smallest absolute Gasteiger partial charge is 0.319 e. The average Bonchev–Trinajstić information content (AvgIpc) is 3.82. The van der Waals surface area contributed by atoms with E-state index in [4.69, 9.17) is 4.74 Å². The number of pyridine rings is 1. The lowest BCUT2D eigenvalue weighted by molar-refractivity contribution is -0.124. The topological polar surface area (TPSA) is 109 Å². The largest absolute Gasteiger partial charge is 0.461 e. The van der Waals surface area contributed by atoms with Crippen molar-refractivity contribution in [3.8, 4) is 17.3 Å². The van der Waals surface area contributed by atoms with E-state index in [-0.39, 0.29) is 57.9 Å². The highest BCUT2D eigenvalue weighted by atomic mass is 19.2. The number of likely N-dealkylation sites (tertiary alicyclic amines) is 1. The van der Waals surface area contributed by atoms with E-state index in [1.54, 1.807) is 36.1 Å². The van der Waals surface area contributed by atoms with Crippen LogP contribution in [0.5, 0.6) is 6.01 Å². The predicted octanol–water partition coefficient (Wildman–Crippen LogP) is 6.35. The van der Waals surface area contributed by atoms with Crippen LogP contribution in [0, 0.1) is 31.3 Å². The summed E-state index contributed by atoms with van der Waals surface area (Å²) >= 11 is 0. The molecule has 0 spiro atoms. The molecular weight excluding hydrogens is 676 g/mol. The van der Waals surface area contributed by atoms with Crippen molar-refractivity contribution < 1.29 is 27.1 Å². The van der Waals surface area contributed by atoms with E-state index in [0.29, 0.717) is 49.4 Å². The van der Waals surface area contributed by atoms with Crippen LogP contribution in [0.1, 0.15) is 42.9 Å². The molecule has 3 aromatic heterocycles. The summed E-state index contributed by atoms with van der Waals surface area (Å²) in [6.07, 6.45) is 6.15. The molecule has 6 heterocycles. The molecule has 0 aliphatic carbocycles. The van der Waals surface area contributed by atoms with Gasteiger partial charge in [0.15, 0.2) is 17.5 Å². The van der Waals surface area contributed by atoms with Gasteiger partial charge < -0.3 is 15.0 Å². The minimum atomic E-state index is -1.11. The third-order valence-electron chi connectivity index (χ3n) is 10.3. The number of alkyl halides is 1. The van der Waals surface area contributed by atoms with E-state index in [2.05, 4.69) is 35.1 Å². The highest BCUT2D eigenvalue weighted by Crippen LogP contribution is 2.41. The van der Waals surface area contributed by atoms with Gasteiger partial charge in [-0.15, -0.1) is 0 Å². The Balaban J connectivity index is 1.12. The number of anilines is 1. The first-order valence-corrected chi connectivity index (χ1v) is 17.4. The summed E-state index contributed by atoms with van der Waals surface area (Å²) in [6, 6.07) is 8.58. The van der Waals surface area contributed by atoms with Crippen molar-refractivity contribution in [1.29, 1.82) is 0 Å². The zero-order chi connectivity index (χ0) is 36.1. The van der Waals surface area contributed by atoms with E-state index in [9.17, 15) is 13.6 Å². The van der Waals surface area contributed by atoms with E-state index < -0.39 is 29.2 Å². The predicted molar refractivity (Wildman–Crippen MR) is 188 cm³/mol. The molecule has 0 saturated carbocycles. The molecule has 14 heteroatoms. The maximum absolute atomic E-state index is 16.7. The molecule has 1 amide bonds. The first-order chi connectivity index (χ1) is 25.1. The van der Waals surface area contributed by atoms with Gasteiger partial charge in [-0.05, 0) is 63.2 Å². The molecule has 10 nitrogen and oxygen atoms in total. The number of nitrogens with one attached hydrogen (secondary N) is 1. The monoisotopic (exact) mass is 712 g/mol. The maximum Gasteiger partial charge on any atom is 0.319 e. The van der Waals surface area contributed by atoms with Crippen molar-refractivity contribution in [1.82, 2.24) is 34.7 Å². The fourth-order valence-corrected chi connectivity index (χ4v) is 7.92. The van der Waals surface area contributed by atoms with Crippen LogP contribution in [0.15, 0.2) is 48.7 Å². The van der Waals surface area contributed by atoms with Gasteiger partial charge >= 0.3 is 6.01 Å². The highest BCUT2D eigenvalue weighted by molar-refractivity contribution is 5.99. The molecule has 8 rings (SSSR count). The number of rotatable bonds is 8. The molecule has 0 radical (unpaired) electrons. The molecule has 3 atom stereocenters. The molecule has 2 aromatic carbocycles. The number of ether oxygens (including phenoxy) is 1. The summed E-state index contributed by atoms with van der Waals surface area (Å²) in [6.45, 7) is 5.70. The van der Waals surface area contributed by atoms with Crippen LogP contribution in [0.3, 0.4) is 0 Å². The van der Waals surface area contributed by atoms with Crippen molar-refractivity contribution in [2.45, 2.75) is 57.3 Å². The van der Waals surface area contributed by atoms with E-state index >= 15 is 8.78 Å². The number of benzene rings is 2. The van der Waals surface area contributed by atoms with E-state index in [1.807, 2.05) is 6.92 Å². The molecule has 3 saturated heterocycles. The lowest BCUT2D eigenvalue weighted by atomic mass is 9.95. The summed E-state index contributed by atoms with van der Waals surface area (Å²) in [7, 11) is 0. The first kappa shape index (κ1) is 33.9. The molecule has 1 N–H and O–H groups in total. The van der Waals surface area contributed by atoms with Crippen LogP contribution >= 0.6 is 0 Å². The number of carbonyl (C=O) groups excluding carboxylic acids is 1. The van der Waals surface area contributed by atoms with Crippen LogP contribution in [0.25, 0.3) is 39.0 Å². The Morgan fingerprint density at radius 2 is 1.92 bits per heavy atom. The normalized spacial score (nSPS) is 21.8. The van der Waals surface area contributed by atoms with Crippen LogP contribution in [-0.2, 0) is 4.79 Å². The Morgan fingerprint density at radius 1 is 1.06 bits per heavy atom. The summed E-state index contributed by atoms with van der Waals surface area (Å²) < 4.78 is 66.8. The first-order valence-electron chi connectivity index (χ1n) is 17.4. The number of aromatic nitrogens is 5. The Labute approximate surface area is 297 Å². The summed E-state index contributed by atoms with van der Waals surface area (Å²) in [5.41, 5.74) is 0.657. The van der Waals surface area contributed by atoms with Gasteiger partial charge in [-0.25, -0.2) is 27.5 Å². The van der Waals surface area contributed by atoms with Crippen molar-refractivity contribution in [2.24, 2.45) is 0 Å². The molecule has 0 bridgehead atoms. The van der Waals surface area contributed by atoms with Gasteiger partial charge in [0.2, 0.25) is 5.91 Å². The molecule has 52 heavy (non-hydrogen) atoms. The van der Waals surface area contributed by atoms with Gasteiger partial charge in [0, 0.05) is 61.0 Å². The third kappa shape index (κ3) is 6.29. The lowest BCUT2D eigenvalue weighted by Crippen LogP contribution is -2.43. The van der Waals surface area contributed by atoms with E-state index in [0.717, 1.165) is 31.1 Å². The number of fused-ring (bicyclic) bond motifs is 3. The summed E-state index contributed by atoms with van der Waals surface area (Å²) in [5, 5.41) is 3.87. The molecule has 268 valence electrons. The van der Waals surface area contributed by atoms with Crippen molar-refractivity contribution in [2.75, 3.05) is 38.1 Å². The second-order valence-electron chi connectivity index (χ2n) is 13.9. The third-order valence-corrected chi connectivity index (χ3v) is 10.3. The van der Waals surface area contributed by atoms with Gasteiger partial charge in [-0.1, -0.05) is 24.3 Å². The summed E-state index contributed by atoms with van der Waals surface area (Å²) in [5.74, 6) is -2.36. The molecule has 1 unspecified atom stereocenters. The molecule has 3 fully saturated rings. The Morgan fingerprint density at radius 3 is 2.77 bits per heavy atom. The lowest BCUT2D eigenvalue weighted by Gasteiger charge is -2.30. The fraction of sp³-hybridized carbons (Fsp3) is 0.368. The quantitative estimate of drug-likeness (QED) is 0.145. The van der Waals surface area contributed by atoms with Crippen LogP contribution in [0.4, 0.5) is 23.4 Å². The average molecular weight is 713 g/mol. The standard InChI is InChI=1S/C38H36F4N8O2/c1-21-15-25(45-22(2)44-21)8-10-30(51)49-14-11-26(19-49)46-36-28-17-43-34(27-6-3-5-23-7-9-29(40)32(41)31(23)27)33(42)35(28)47-37(48-36)52-20-38-12-4-13-50(38)18-24(39)16-38/h3,5-10,15,17,24,26H,4,11-14,16,18-20H2,1-2H3,(H,46,47,48)/b10-8+/t24-,26-,38?/m1/s1. The van der Waals surface area contributed by atoms with Gasteiger partial charge in [0.25, 0.3) is 0 Å². The number of amides is 1. The SMILES string of the molecule is Cc1cc(/C=C/C(=O)N2CC[C@@H](Nc3nc(OCC45CCCN4C[C@H](F)C5)nc4c(F)c(-c5cccc6ccc(F)c(F)c56)ncc34)C2)nc(C)n1. The van der Waals surface area contributed by atoms with Crippen LogP contribution in [-0.4, -0.2) is 91.2 Å². The zero-order valence-electron chi connectivity index (χ0n) is 28.7. The molecule has 3 aliphatic heterocycles. The van der Waals surface area contributed by atoms with Gasteiger partial charge in [0.05, 0.1) is 16.6 Å². The van der Waals surface area contributed by atoms with Gasteiger partial charge in [-0.3, -0.25) is 14.7 Å². The second-order valence-corrected chi connectivity index (χ2v) is 13.9. The minimum absolute atomic E-state index is 0.0650. The van der Waals surface area contributed by atoms with E-state index in [1.165, 1.54) is 24.4 Å². The van der Waals surface area contributed by atoms with Crippen LogP contribution in [0.2, 0.25) is 0 Å². The summed E-state index contributed by atoms with van der Waals surface area (Å²) in [4.78, 5) is 39.0. The van der Waals surface area contributed by atoms with Gasteiger partial charge in [0.1, 0.15) is 35.6 Å². The molecule has 3 aliphatic rings. The minimum Gasteiger partial charge on any atom is -0.461 e. The second kappa shape index (κ2) is 13.4. The number of nitrogens with zero attached hydrogens (tertiary/aromatic N) is 7. The molecule has 5 aromatic rings. The van der Waals surface area contributed by atoms with Crippen molar-refractivity contribution >= 4 is 39.5 Å². The number of hydrogen-bond donors (Lipinski definition) is 1. The zero-order valence-corrected chi connectivity index (χ0v) is 28.7. The molecular formula is C38H36F4N8O2. The Kier molecular flexibility index (Phi) is 8.72. The Hall–Kier alpha value is -5.24. The number of carbonyl (C=O) groups is 1. The highest BCUT2D eigenvalue weighted by Gasteiger charge is 2.49. The van der Waals surface area contributed by atoms with Crippen molar-refractivity contribution in [3.05, 3.63) is 83.3 Å². The number of halogens is 4. The van der Waals surface area contributed by atoms with Gasteiger partial charge in [-0.2, -0.15) is 9.97 Å². The number of aryl methyl sites for hydroxylation is 2.